The van der Waals surface area contributed by atoms with Crippen molar-refractivity contribution in [3.8, 4) is 23.1 Å². The van der Waals surface area contributed by atoms with Crippen LogP contribution in [0.5, 0.6) is 5.75 Å². The van der Waals surface area contributed by atoms with Crippen LogP contribution in [0.25, 0.3) is 17.0 Å². The Kier molecular flexibility index (Phi) is 4.52. The van der Waals surface area contributed by atoms with Gasteiger partial charge in [-0.05, 0) is 25.1 Å². The van der Waals surface area contributed by atoms with Gasteiger partial charge in [-0.3, -0.25) is 5.43 Å². The van der Waals surface area contributed by atoms with E-state index in [-0.39, 0.29) is 0 Å². The second kappa shape index (κ2) is 7.28. The standard InChI is InChI=1S/C21H18N4O2/c1-14-10-17(21(27-14)15-6-3-2-4-7-15)13-26-18-9-5-8-16(11-18)20-19(12-22)23-25-24-20/h2-11,23-25H,13H2,1H3. The van der Waals surface area contributed by atoms with Gasteiger partial charge in [-0.2, -0.15) is 5.26 Å². The summed E-state index contributed by atoms with van der Waals surface area (Å²) < 4.78 is 11.9. The van der Waals surface area contributed by atoms with Gasteiger partial charge in [-0.25, -0.2) is 0 Å². The van der Waals surface area contributed by atoms with E-state index in [4.69, 9.17) is 14.4 Å². The number of ether oxygens (including phenoxy) is 1. The summed E-state index contributed by atoms with van der Waals surface area (Å²) in [4.78, 5) is 0. The molecule has 0 saturated carbocycles. The molecule has 0 bridgehead atoms. The lowest BCUT2D eigenvalue weighted by Crippen LogP contribution is -2.32. The first-order valence-electron chi connectivity index (χ1n) is 8.54. The number of furan rings is 1. The van der Waals surface area contributed by atoms with Crippen molar-refractivity contribution < 1.29 is 9.15 Å². The van der Waals surface area contributed by atoms with E-state index in [1.54, 1.807) is 0 Å². The van der Waals surface area contributed by atoms with Crippen LogP contribution in [-0.2, 0) is 6.61 Å². The van der Waals surface area contributed by atoms with E-state index >= 15 is 0 Å². The Morgan fingerprint density at radius 2 is 1.81 bits per heavy atom. The largest absolute Gasteiger partial charge is 0.489 e. The zero-order chi connectivity index (χ0) is 18.6. The highest BCUT2D eigenvalue weighted by Gasteiger charge is 2.16. The lowest BCUT2D eigenvalue weighted by molar-refractivity contribution is 0.305. The molecule has 1 aromatic heterocycles. The maximum absolute atomic E-state index is 9.17. The third-order valence-electron chi connectivity index (χ3n) is 4.22. The Bertz CT molecular complexity index is 1030. The number of hydrogen-bond acceptors (Lipinski definition) is 6. The van der Waals surface area contributed by atoms with Crippen LogP contribution < -0.4 is 21.1 Å². The van der Waals surface area contributed by atoms with E-state index in [1.165, 1.54) is 0 Å². The lowest BCUT2D eigenvalue weighted by Gasteiger charge is -2.09. The van der Waals surface area contributed by atoms with Crippen LogP contribution in [0.4, 0.5) is 0 Å². The van der Waals surface area contributed by atoms with Gasteiger partial charge in [0.25, 0.3) is 0 Å². The smallest absolute Gasteiger partial charge is 0.154 e. The SMILES string of the molecule is Cc1cc(COc2cccc(C3=C(C#N)NNN3)c2)c(-c2ccccc2)o1. The van der Waals surface area contributed by atoms with Crippen LogP contribution in [-0.4, -0.2) is 0 Å². The van der Waals surface area contributed by atoms with Crippen molar-refractivity contribution in [1.29, 1.82) is 5.26 Å². The molecule has 0 radical (unpaired) electrons. The number of aryl methyl sites for hydroxylation is 1. The van der Waals surface area contributed by atoms with E-state index in [0.29, 0.717) is 23.8 Å². The monoisotopic (exact) mass is 358 g/mol. The van der Waals surface area contributed by atoms with Crippen molar-refractivity contribution in [2.45, 2.75) is 13.5 Å². The van der Waals surface area contributed by atoms with E-state index in [1.807, 2.05) is 67.6 Å². The predicted octanol–water partition coefficient (Wildman–Crippen LogP) is 3.64. The second-order valence-corrected chi connectivity index (χ2v) is 6.13. The van der Waals surface area contributed by atoms with E-state index in [9.17, 15) is 0 Å². The van der Waals surface area contributed by atoms with Crippen LogP contribution >= 0.6 is 0 Å². The van der Waals surface area contributed by atoms with Gasteiger partial charge in [-0.15, -0.1) is 5.53 Å². The third kappa shape index (κ3) is 3.50. The Balaban J connectivity index is 1.56. The number of nitriles is 1. The predicted molar refractivity (Wildman–Crippen MR) is 102 cm³/mol. The highest BCUT2D eigenvalue weighted by molar-refractivity contribution is 5.71. The summed E-state index contributed by atoms with van der Waals surface area (Å²) in [5.41, 5.74) is 12.4. The molecular weight excluding hydrogens is 340 g/mol. The molecule has 6 heteroatoms. The maximum Gasteiger partial charge on any atom is 0.154 e. The second-order valence-electron chi connectivity index (χ2n) is 6.13. The topological polar surface area (TPSA) is 82.2 Å². The molecule has 0 saturated heterocycles. The molecule has 1 aliphatic heterocycles. The van der Waals surface area contributed by atoms with Crippen molar-refractivity contribution in [2.24, 2.45) is 0 Å². The zero-order valence-corrected chi connectivity index (χ0v) is 14.7. The Labute approximate surface area is 157 Å². The van der Waals surface area contributed by atoms with E-state index < -0.39 is 0 Å². The van der Waals surface area contributed by atoms with E-state index in [0.717, 1.165) is 28.2 Å². The Morgan fingerprint density at radius 1 is 1.00 bits per heavy atom. The number of hydrazine groups is 2. The van der Waals surface area contributed by atoms with Crippen molar-refractivity contribution in [2.75, 3.05) is 0 Å². The van der Waals surface area contributed by atoms with Crippen LogP contribution in [0, 0.1) is 18.3 Å². The molecule has 2 heterocycles. The fraction of sp³-hybridized carbons (Fsp3) is 0.0952. The first-order valence-corrected chi connectivity index (χ1v) is 8.54. The summed E-state index contributed by atoms with van der Waals surface area (Å²) in [6.45, 7) is 2.32. The van der Waals surface area contributed by atoms with Crippen LogP contribution in [0.15, 0.2) is 70.8 Å². The number of hydrogen-bond donors (Lipinski definition) is 3. The van der Waals surface area contributed by atoms with Gasteiger partial charge in [0.15, 0.2) is 5.70 Å². The maximum atomic E-state index is 9.17. The van der Waals surface area contributed by atoms with Gasteiger partial charge in [0.05, 0.1) is 5.70 Å². The average molecular weight is 358 g/mol. The van der Waals surface area contributed by atoms with Crippen molar-refractivity contribution >= 4 is 5.70 Å². The number of benzene rings is 2. The van der Waals surface area contributed by atoms with Crippen LogP contribution in [0.2, 0.25) is 0 Å². The normalized spacial score (nSPS) is 13.0. The molecule has 0 fully saturated rings. The number of allylic oxidation sites excluding steroid dienone is 1. The number of rotatable bonds is 5. The molecule has 6 nitrogen and oxygen atoms in total. The Morgan fingerprint density at radius 3 is 2.63 bits per heavy atom. The fourth-order valence-electron chi connectivity index (χ4n) is 2.99. The summed E-state index contributed by atoms with van der Waals surface area (Å²) in [7, 11) is 0. The van der Waals surface area contributed by atoms with Gasteiger partial charge >= 0.3 is 0 Å². The highest BCUT2D eigenvalue weighted by Crippen LogP contribution is 2.29. The van der Waals surface area contributed by atoms with Crippen molar-refractivity contribution in [3.05, 3.63) is 83.2 Å². The van der Waals surface area contributed by atoms with Gasteiger partial charge in [0, 0.05) is 16.7 Å². The molecule has 0 amide bonds. The molecule has 0 spiro atoms. The third-order valence-corrected chi connectivity index (χ3v) is 4.22. The quantitative estimate of drug-likeness (QED) is 0.646. The summed E-state index contributed by atoms with van der Waals surface area (Å²) in [5.74, 6) is 2.38. The van der Waals surface area contributed by atoms with Gasteiger partial charge in [0.1, 0.15) is 29.9 Å². The van der Waals surface area contributed by atoms with Gasteiger partial charge in [0.2, 0.25) is 0 Å². The first-order chi connectivity index (χ1) is 13.2. The molecule has 3 N–H and O–H groups in total. The first kappa shape index (κ1) is 16.8. The zero-order valence-electron chi connectivity index (χ0n) is 14.7. The van der Waals surface area contributed by atoms with Crippen LogP contribution in [0.1, 0.15) is 16.9 Å². The van der Waals surface area contributed by atoms with Gasteiger partial charge in [-0.1, -0.05) is 42.5 Å². The van der Waals surface area contributed by atoms with Crippen molar-refractivity contribution in [1.82, 2.24) is 16.4 Å². The minimum Gasteiger partial charge on any atom is -0.489 e. The molecule has 27 heavy (non-hydrogen) atoms. The molecule has 134 valence electrons. The fourth-order valence-corrected chi connectivity index (χ4v) is 2.99. The molecule has 4 rings (SSSR count). The Hall–Kier alpha value is -3.69. The molecule has 2 aromatic carbocycles. The van der Waals surface area contributed by atoms with Crippen LogP contribution in [0.3, 0.4) is 0 Å². The molecular formula is C21H18N4O2. The minimum absolute atomic E-state index is 0.388. The minimum atomic E-state index is 0.388. The summed E-state index contributed by atoms with van der Waals surface area (Å²) in [6, 6.07) is 21.7. The summed E-state index contributed by atoms with van der Waals surface area (Å²) >= 11 is 0. The highest BCUT2D eigenvalue weighted by atomic mass is 16.5. The molecule has 0 atom stereocenters. The lowest BCUT2D eigenvalue weighted by atomic mass is 10.1. The molecule has 0 unspecified atom stereocenters. The summed E-state index contributed by atoms with van der Waals surface area (Å²) in [5, 5.41) is 9.17. The summed E-state index contributed by atoms with van der Waals surface area (Å²) in [6.07, 6.45) is 0. The number of nitrogens with one attached hydrogen (secondary N) is 3. The average Bonchev–Trinajstić information content (AvgIpc) is 3.33. The molecule has 0 aliphatic carbocycles. The van der Waals surface area contributed by atoms with E-state index in [2.05, 4.69) is 22.5 Å². The number of nitrogens with zero attached hydrogens (tertiary/aromatic N) is 1. The molecule has 3 aromatic rings. The van der Waals surface area contributed by atoms with Crippen molar-refractivity contribution in [3.63, 3.8) is 0 Å². The molecule has 1 aliphatic rings. The van der Waals surface area contributed by atoms with Gasteiger partial charge < -0.3 is 14.6 Å².